The predicted octanol–water partition coefficient (Wildman–Crippen LogP) is 6.21. The molecule has 2 heterocycles. The van der Waals surface area contributed by atoms with Crippen LogP contribution in [0.4, 0.5) is 17.2 Å². The van der Waals surface area contributed by atoms with E-state index in [1.54, 1.807) is 16.8 Å². The van der Waals surface area contributed by atoms with Crippen LogP contribution >= 0.6 is 11.6 Å². The van der Waals surface area contributed by atoms with Crippen LogP contribution < -0.4 is 10.9 Å². The van der Waals surface area contributed by atoms with Crippen LogP contribution in [-0.4, -0.2) is 15.6 Å². The Hall–Kier alpha value is -3.45. The van der Waals surface area contributed by atoms with Crippen LogP contribution in [0.1, 0.15) is 43.9 Å². The average Bonchev–Trinajstić information content (AvgIpc) is 3.06. The van der Waals surface area contributed by atoms with E-state index in [0.717, 1.165) is 16.8 Å². The Morgan fingerprint density at radius 3 is 2.39 bits per heavy atom. The van der Waals surface area contributed by atoms with Gasteiger partial charge in [0.25, 0.3) is 5.56 Å². The van der Waals surface area contributed by atoms with Gasteiger partial charge in [0.15, 0.2) is 17.3 Å². The molecule has 2 aromatic carbocycles. The number of hydrogen-bond donors (Lipinski definition) is 2. The van der Waals surface area contributed by atoms with Crippen molar-refractivity contribution in [3.05, 3.63) is 86.3 Å². The zero-order valence-electron chi connectivity index (χ0n) is 18.6. The van der Waals surface area contributed by atoms with E-state index in [-0.39, 0.29) is 22.4 Å². The number of aromatic amines is 1. The number of fused-ring (bicyclic) bond motifs is 1. The van der Waals surface area contributed by atoms with E-state index in [1.807, 2.05) is 43.3 Å². The number of aromatic nitrogens is 2. The van der Waals surface area contributed by atoms with Crippen LogP contribution in [0.5, 0.6) is 0 Å². The number of nitrogens with one attached hydrogen (secondary N) is 2. The normalized spacial score (nSPS) is 19.4. The largest absolute Gasteiger partial charge is 0.342 e. The molecule has 1 unspecified atom stereocenters. The number of allylic oxidation sites excluding steroid dienone is 2. The van der Waals surface area contributed by atoms with Gasteiger partial charge in [0.1, 0.15) is 6.04 Å². The van der Waals surface area contributed by atoms with E-state index in [4.69, 9.17) is 11.6 Å². The molecule has 8 heteroatoms. The third-order valence-corrected chi connectivity index (χ3v) is 6.36. The Morgan fingerprint density at radius 1 is 1.00 bits per heavy atom. The van der Waals surface area contributed by atoms with Crippen LogP contribution in [0.15, 0.2) is 74.8 Å². The highest BCUT2D eigenvalue weighted by Gasteiger charge is 2.42. The molecule has 168 valence electrons. The molecule has 0 radical (unpaired) electrons. The van der Waals surface area contributed by atoms with Gasteiger partial charge in [-0.25, -0.2) is 0 Å². The molecule has 2 aliphatic rings. The maximum atomic E-state index is 13.3. The first-order valence-electron chi connectivity index (χ1n) is 10.8. The fraction of sp³-hybridized carbons (Fsp3) is 0.280. The van der Waals surface area contributed by atoms with E-state index in [0.29, 0.717) is 34.9 Å². The Kier molecular flexibility index (Phi) is 5.09. The van der Waals surface area contributed by atoms with E-state index in [1.165, 1.54) is 0 Å². The van der Waals surface area contributed by atoms with Crippen molar-refractivity contribution in [2.45, 2.75) is 39.7 Å². The van der Waals surface area contributed by atoms with Crippen LogP contribution in [0, 0.1) is 12.3 Å². The maximum absolute atomic E-state index is 13.3. The Bertz CT molecular complexity index is 1360. The van der Waals surface area contributed by atoms with Crippen molar-refractivity contribution in [2.24, 2.45) is 15.6 Å². The highest BCUT2D eigenvalue weighted by Crippen LogP contribution is 2.47. The van der Waals surface area contributed by atoms with Crippen LogP contribution in [-0.2, 0) is 4.79 Å². The number of halogens is 1. The summed E-state index contributed by atoms with van der Waals surface area (Å²) in [6.45, 7) is 6.14. The summed E-state index contributed by atoms with van der Waals surface area (Å²) in [5.41, 5.74) is 3.73. The van der Waals surface area contributed by atoms with E-state index in [2.05, 4.69) is 34.5 Å². The number of carbonyl (C=O) groups excluding carboxylic acids is 1. The number of Topliss-reactive ketones (excluding diaryl/α,β-unsaturated/α-hetero) is 1. The lowest BCUT2D eigenvalue weighted by molar-refractivity contribution is -0.118. The molecule has 33 heavy (non-hydrogen) atoms. The van der Waals surface area contributed by atoms with Crippen molar-refractivity contribution in [3.63, 3.8) is 0 Å². The predicted molar refractivity (Wildman–Crippen MR) is 129 cm³/mol. The molecule has 0 spiro atoms. The zero-order valence-corrected chi connectivity index (χ0v) is 19.4. The fourth-order valence-electron chi connectivity index (χ4n) is 4.56. The van der Waals surface area contributed by atoms with Gasteiger partial charge >= 0.3 is 0 Å². The molecule has 1 aliphatic carbocycles. The van der Waals surface area contributed by atoms with Gasteiger partial charge in [-0.3, -0.25) is 19.4 Å². The smallest absolute Gasteiger partial charge is 0.294 e. The zero-order chi connectivity index (χ0) is 23.3. The second-order valence-electron chi connectivity index (χ2n) is 9.46. The number of H-pyrrole nitrogens is 1. The lowest BCUT2D eigenvalue weighted by atomic mass is 9.73. The molecular weight excluding hydrogens is 438 g/mol. The summed E-state index contributed by atoms with van der Waals surface area (Å²) in [7, 11) is 0. The van der Waals surface area contributed by atoms with Crippen LogP contribution in [0.3, 0.4) is 0 Å². The fourth-order valence-corrected chi connectivity index (χ4v) is 4.69. The molecule has 5 rings (SSSR count). The molecule has 1 aromatic heterocycles. The first-order chi connectivity index (χ1) is 15.7. The molecule has 7 nitrogen and oxygen atoms in total. The molecule has 0 saturated heterocycles. The summed E-state index contributed by atoms with van der Waals surface area (Å²) >= 11 is 6.11. The van der Waals surface area contributed by atoms with Crippen LogP contribution in [0.25, 0.3) is 0 Å². The van der Waals surface area contributed by atoms with E-state index in [9.17, 15) is 9.59 Å². The van der Waals surface area contributed by atoms with Crippen molar-refractivity contribution in [1.29, 1.82) is 0 Å². The highest BCUT2D eigenvalue weighted by atomic mass is 35.5. The molecule has 3 aromatic rings. The molecule has 0 amide bonds. The summed E-state index contributed by atoms with van der Waals surface area (Å²) in [5.74, 6) is 0.566. The van der Waals surface area contributed by atoms with Crippen molar-refractivity contribution < 1.29 is 4.79 Å². The SMILES string of the molecule is Cc1ccc(N=Nc2c3n([nH]c2=O)C(c2ccc(Cl)cc2)C2=C(CC(C)(C)CC2=O)N3)cc1. The summed E-state index contributed by atoms with van der Waals surface area (Å²) in [4.78, 5) is 26.2. The number of aryl methyl sites for hydroxylation is 1. The quantitative estimate of drug-likeness (QED) is 0.454. The summed E-state index contributed by atoms with van der Waals surface area (Å²) in [5, 5.41) is 15.4. The van der Waals surface area contributed by atoms with Crippen molar-refractivity contribution in [1.82, 2.24) is 9.78 Å². The van der Waals surface area contributed by atoms with Crippen molar-refractivity contribution in [2.75, 3.05) is 5.32 Å². The van der Waals surface area contributed by atoms with Crippen LogP contribution in [0.2, 0.25) is 5.02 Å². The number of anilines is 1. The van der Waals surface area contributed by atoms with E-state index >= 15 is 0 Å². The first kappa shape index (κ1) is 21.4. The van der Waals surface area contributed by atoms with Crippen molar-refractivity contribution in [3.8, 4) is 0 Å². The lowest BCUT2D eigenvalue weighted by Crippen LogP contribution is -2.36. The third kappa shape index (κ3) is 3.93. The average molecular weight is 462 g/mol. The molecule has 2 N–H and O–H groups in total. The van der Waals surface area contributed by atoms with Gasteiger partial charge in [0.2, 0.25) is 0 Å². The minimum absolute atomic E-state index is 0.0664. The number of benzene rings is 2. The maximum Gasteiger partial charge on any atom is 0.294 e. The molecule has 1 aliphatic heterocycles. The monoisotopic (exact) mass is 461 g/mol. The third-order valence-electron chi connectivity index (χ3n) is 6.11. The lowest BCUT2D eigenvalue weighted by Gasteiger charge is -2.39. The van der Waals surface area contributed by atoms with Gasteiger partial charge in [0, 0.05) is 22.7 Å². The summed E-state index contributed by atoms with van der Waals surface area (Å²) in [6, 6.07) is 14.4. The topological polar surface area (TPSA) is 91.6 Å². The minimum Gasteiger partial charge on any atom is -0.342 e. The van der Waals surface area contributed by atoms with E-state index < -0.39 is 6.04 Å². The number of rotatable bonds is 3. The standard InChI is InChI=1S/C25H24ClN5O2/c1-14-4-10-17(11-5-14)28-29-21-23-27-18-12-25(2,3)13-19(32)20(18)22(31(23)30-24(21)33)15-6-8-16(26)9-7-15/h4-11,22,27H,12-13H2,1-3H3,(H,30,33). The number of carbonyl (C=O) groups is 1. The van der Waals surface area contributed by atoms with Gasteiger partial charge in [-0.05, 0) is 48.6 Å². The number of nitrogens with zero attached hydrogens (tertiary/aromatic N) is 3. The summed E-state index contributed by atoms with van der Waals surface area (Å²) in [6.07, 6.45) is 1.13. The Morgan fingerprint density at radius 2 is 1.70 bits per heavy atom. The minimum atomic E-state index is -0.479. The molecular formula is C25H24ClN5O2. The number of azo groups is 1. The number of hydrogen-bond acceptors (Lipinski definition) is 5. The molecule has 0 bridgehead atoms. The highest BCUT2D eigenvalue weighted by molar-refractivity contribution is 6.30. The molecule has 0 fully saturated rings. The van der Waals surface area contributed by atoms with Gasteiger partial charge in [-0.15, -0.1) is 5.11 Å². The van der Waals surface area contributed by atoms with Gasteiger partial charge < -0.3 is 5.32 Å². The molecule has 1 atom stereocenters. The second-order valence-corrected chi connectivity index (χ2v) is 9.89. The van der Waals surface area contributed by atoms with Crippen molar-refractivity contribution >= 4 is 34.6 Å². The Labute approximate surface area is 196 Å². The second kappa shape index (κ2) is 7.85. The Balaban J connectivity index is 1.65. The van der Waals surface area contributed by atoms with Gasteiger partial charge in [0.05, 0.1) is 5.69 Å². The number of ketones is 1. The molecule has 0 saturated carbocycles. The first-order valence-corrected chi connectivity index (χ1v) is 11.2. The summed E-state index contributed by atoms with van der Waals surface area (Å²) < 4.78 is 1.68. The van der Waals surface area contributed by atoms with Gasteiger partial charge in [-0.1, -0.05) is 55.3 Å². The van der Waals surface area contributed by atoms with Gasteiger partial charge in [-0.2, -0.15) is 5.11 Å².